The van der Waals surface area contributed by atoms with E-state index in [2.05, 4.69) is 10.3 Å². The zero-order valence-electron chi connectivity index (χ0n) is 7.24. The number of pyridine rings is 1. The summed E-state index contributed by atoms with van der Waals surface area (Å²) in [7, 11) is 0. The topological polar surface area (TPSA) is 79.3 Å². The van der Waals surface area contributed by atoms with Crippen LogP contribution in [0.2, 0.25) is 5.15 Å². The molecule has 0 spiro atoms. The van der Waals surface area contributed by atoms with Crippen molar-refractivity contribution in [3.63, 3.8) is 0 Å². The molecule has 14 heavy (non-hydrogen) atoms. The van der Waals surface area contributed by atoms with Gasteiger partial charge in [-0.25, -0.2) is 9.78 Å². The Morgan fingerprint density at radius 2 is 2.21 bits per heavy atom. The monoisotopic (exact) mass is 214 g/mol. The summed E-state index contributed by atoms with van der Waals surface area (Å²) in [4.78, 5) is 25.1. The molecular formula is C8H7ClN2O3. The fourth-order valence-corrected chi connectivity index (χ4v) is 1.05. The molecule has 0 bridgehead atoms. The molecule has 1 amide bonds. The molecule has 0 aliphatic heterocycles. The lowest BCUT2D eigenvalue weighted by atomic mass is 10.2. The van der Waals surface area contributed by atoms with Crippen LogP contribution < -0.4 is 5.32 Å². The molecule has 5 nitrogen and oxygen atoms in total. The zero-order valence-corrected chi connectivity index (χ0v) is 8.00. The van der Waals surface area contributed by atoms with E-state index in [1.165, 1.54) is 19.2 Å². The number of halogens is 1. The number of anilines is 1. The molecule has 2 N–H and O–H groups in total. The van der Waals surface area contributed by atoms with Crippen molar-refractivity contribution >= 4 is 29.2 Å². The Bertz CT molecular complexity index is 392. The molecule has 0 fully saturated rings. The minimum atomic E-state index is -1.17. The predicted octanol–water partition coefficient (Wildman–Crippen LogP) is 1.39. The van der Waals surface area contributed by atoms with E-state index in [-0.39, 0.29) is 22.3 Å². The molecular weight excluding hydrogens is 208 g/mol. The van der Waals surface area contributed by atoms with Crippen LogP contribution in [-0.2, 0) is 4.79 Å². The van der Waals surface area contributed by atoms with E-state index in [1.807, 2.05) is 0 Å². The minimum Gasteiger partial charge on any atom is -0.478 e. The molecule has 1 rings (SSSR count). The fourth-order valence-electron chi connectivity index (χ4n) is 0.896. The summed E-state index contributed by atoms with van der Waals surface area (Å²) in [5.41, 5.74) is 0.0506. The highest BCUT2D eigenvalue weighted by molar-refractivity contribution is 6.29. The Balaban J connectivity index is 3.14. The van der Waals surface area contributed by atoms with Gasteiger partial charge in [-0.1, -0.05) is 11.6 Å². The summed E-state index contributed by atoms with van der Waals surface area (Å²) in [6.45, 7) is 1.28. The van der Waals surface area contributed by atoms with Crippen LogP contribution in [0, 0.1) is 0 Å². The van der Waals surface area contributed by atoms with E-state index in [1.54, 1.807) is 0 Å². The molecule has 74 valence electrons. The van der Waals surface area contributed by atoms with Gasteiger partial charge in [-0.05, 0) is 6.07 Å². The molecule has 1 heterocycles. The van der Waals surface area contributed by atoms with E-state index >= 15 is 0 Å². The second-order valence-electron chi connectivity index (χ2n) is 2.54. The van der Waals surface area contributed by atoms with Gasteiger partial charge in [0, 0.05) is 6.92 Å². The van der Waals surface area contributed by atoms with Crippen molar-refractivity contribution in [2.24, 2.45) is 0 Å². The molecule has 0 unspecified atom stereocenters. The number of nitrogens with one attached hydrogen (secondary N) is 1. The Morgan fingerprint density at radius 3 is 2.71 bits per heavy atom. The van der Waals surface area contributed by atoms with Crippen molar-refractivity contribution in [3.8, 4) is 0 Å². The SMILES string of the molecule is CC(=O)Nc1cnc(Cl)cc1C(=O)O. The summed E-state index contributed by atoms with van der Waals surface area (Å²) < 4.78 is 0. The maximum Gasteiger partial charge on any atom is 0.337 e. The third-order valence-corrected chi connectivity index (χ3v) is 1.62. The Hall–Kier alpha value is -1.62. The van der Waals surface area contributed by atoms with Crippen LogP contribution in [0.15, 0.2) is 12.3 Å². The van der Waals surface area contributed by atoms with Crippen LogP contribution in [0.1, 0.15) is 17.3 Å². The first-order chi connectivity index (χ1) is 6.50. The zero-order chi connectivity index (χ0) is 10.7. The maximum atomic E-state index is 10.7. The van der Waals surface area contributed by atoms with Crippen molar-refractivity contribution in [2.75, 3.05) is 5.32 Å². The number of hydrogen-bond donors (Lipinski definition) is 2. The van der Waals surface area contributed by atoms with Crippen molar-refractivity contribution < 1.29 is 14.7 Å². The van der Waals surface area contributed by atoms with E-state index < -0.39 is 5.97 Å². The standard InChI is InChI=1S/C8H7ClN2O3/c1-4(12)11-6-3-10-7(9)2-5(6)8(13)14/h2-3H,1H3,(H,11,12)(H,13,14). The molecule has 0 saturated heterocycles. The van der Waals surface area contributed by atoms with Gasteiger partial charge in [-0.3, -0.25) is 4.79 Å². The number of carbonyl (C=O) groups is 2. The highest BCUT2D eigenvalue weighted by atomic mass is 35.5. The predicted molar refractivity (Wildman–Crippen MR) is 50.5 cm³/mol. The highest BCUT2D eigenvalue weighted by Crippen LogP contribution is 2.17. The van der Waals surface area contributed by atoms with Gasteiger partial charge >= 0.3 is 5.97 Å². The smallest absolute Gasteiger partial charge is 0.337 e. The lowest BCUT2D eigenvalue weighted by Gasteiger charge is -2.05. The molecule has 0 atom stereocenters. The number of carboxylic acids is 1. The maximum absolute atomic E-state index is 10.7. The molecule has 0 aromatic carbocycles. The second-order valence-corrected chi connectivity index (χ2v) is 2.93. The van der Waals surface area contributed by atoms with Crippen LogP contribution in [0.5, 0.6) is 0 Å². The van der Waals surface area contributed by atoms with Crippen LogP contribution in [0.25, 0.3) is 0 Å². The molecule has 1 aromatic heterocycles. The lowest BCUT2D eigenvalue weighted by molar-refractivity contribution is -0.114. The van der Waals surface area contributed by atoms with E-state index in [0.717, 1.165) is 0 Å². The summed E-state index contributed by atoms with van der Waals surface area (Å²) in [5, 5.41) is 11.2. The highest BCUT2D eigenvalue weighted by Gasteiger charge is 2.12. The molecule has 0 aliphatic carbocycles. The van der Waals surface area contributed by atoms with Crippen LogP contribution in [0.4, 0.5) is 5.69 Å². The van der Waals surface area contributed by atoms with Crippen molar-refractivity contribution in [3.05, 3.63) is 23.0 Å². The minimum absolute atomic E-state index is 0.0662. The Labute approximate surface area is 84.7 Å². The third-order valence-electron chi connectivity index (χ3n) is 1.41. The number of amides is 1. The third kappa shape index (κ3) is 2.43. The summed E-state index contributed by atoms with van der Waals surface area (Å²) in [5.74, 6) is -1.53. The van der Waals surface area contributed by atoms with Gasteiger partial charge in [0.2, 0.25) is 5.91 Å². The van der Waals surface area contributed by atoms with Gasteiger partial charge in [0.05, 0.1) is 17.4 Å². The molecule has 6 heteroatoms. The van der Waals surface area contributed by atoms with Gasteiger partial charge < -0.3 is 10.4 Å². The Kier molecular flexibility index (Phi) is 3.03. The number of aromatic carboxylic acids is 1. The molecule has 0 aliphatic rings. The number of hydrogen-bond acceptors (Lipinski definition) is 3. The average Bonchev–Trinajstić information content (AvgIpc) is 2.07. The average molecular weight is 215 g/mol. The summed E-state index contributed by atoms with van der Waals surface area (Å²) in [6.07, 6.45) is 1.20. The first-order valence-electron chi connectivity index (χ1n) is 3.67. The van der Waals surface area contributed by atoms with E-state index in [4.69, 9.17) is 16.7 Å². The van der Waals surface area contributed by atoms with E-state index in [9.17, 15) is 9.59 Å². The van der Waals surface area contributed by atoms with Gasteiger partial charge in [-0.15, -0.1) is 0 Å². The molecule has 0 radical (unpaired) electrons. The number of aromatic nitrogens is 1. The van der Waals surface area contributed by atoms with Gasteiger partial charge in [0.1, 0.15) is 5.15 Å². The van der Waals surface area contributed by atoms with Crippen LogP contribution >= 0.6 is 11.6 Å². The summed E-state index contributed by atoms with van der Waals surface area (Å²) in [6, 6.07) is 1.18. The Morgan fingerprint density at radius 1 is 1.57 bits per heavy atom. The largest absolute Gasteiger partial charge is 0.478 e. The van der Waals surface area contributed by atoms with Crippen LogP contribution in [0.3, 0.4) is 0 Å². The van der Waals surface area contributed by atoms with Crippen molar-refractivity contribution in [1.82, 2.24) is 4.98 Å². The lowest BCUT2D eigenvalue weighted by Crippen LogP contribution is -2.11. The first-order valence-corrected chi connectivity index (χ1v) is 4.05. The van der Waals surface area contributed by atoms with Crippen LogP contribution in [-0.4, -0.2) is 22.0 Å². The first kappa shape index (κ1) is 10.5. The van der Waals surface area contributed by atoms with Crippen molar-refractivity contribution in [2.45, 2.75) is 6.92 Å². The van der Waals surface area contributed by atoms with Gasteiger partial charge in [0.25, 0.3) is 0 Å². The quantitative estimate of drug-likeness (QED) is 0.730. The van der Waals surface area contributed by atoms with Gasteiger partial charge in [0.15, 0.2) is 0 Å². The normalized spacial score (nSPS) is 9.57. The number of rotatable bonds is 2. The van der Waals surface area contributed by atoms with E-state index in [0.29, 0.717) is 0 Å². The number of carbonyl (C=O) groups excluding carboxylic acids is 1. The number of carboxylic acid groups (broad SMARTS) is 1. The van der Waals surface area contributed by atoms with Crippen molar-refractivity contribution in [1.29, 1.82) is 0 Å². The number of nitrogens with zero attached hydrogens (tertiary/aromatic N) is 1. The van der Waals surface area contributed by atoms with Gasteiger partial charge in [-0.2, -0.15) is 0 Å². The molecule has 1 aromatic rings. The summed E-state index contributed by atoms with van der Waals surface area (Å²) >= 11 is 5.51. The second kappa shape index (κ2) is 4.06. The fraction of sp³-hybridized carbons (Fsp3) is 0.125. The molecule has 0 saturated carbocycles.